The topological polar surface area (TPSA) is 62.0 Å². The molecule has 1 amide bonds. The SMILES string of the molecule is CCCCCNC(=O)c1ccc[nH]c1=O. The number of rotatable bonds is 5. The third-order valence-corrected chi connectivity index (χ3v) is 2.13. The molecule has 4 nitrogen and oxygen atoms in total. The Hall–Kier alpha value is -1.58. The average molecular weight is 208 g/mol. The van der Waals surface area contributed by atoms with Gasteiger partial charge >= 0.3 is 0 Å². The van der Waals surface area contributed by atoms with E-state index in [0.29, 0.717) is 6.54 Å². The van der Waals surface area contributed by atoms with Gasteiger partial charge in [-0.1, -0.05) is 19.8 Å². The minimum Gasteiger partial charge on any atom is -0.352 e. The van der Waals surface area contributed by atoms with Crippen molar-refractivity contribution in [3.63, 3.8) is 0 Å². The van der Waals surface area contributed by atoms with E-state index < -0.39 is 0 Å². The van der Waals surface area contributed by atoms with E-state index in [1.807, 2.05) is 0 Å². The Morgan fingerprint density at radius 1 is 1.47 bits per heavy atom. The zero-order valence-electron chi connectivity index (χ0n) is 8.88. The zero-order valence-corrected chi connectivity index (χ0v) is 8.88. The van der Waals surface area contributed by atoms with Crippen LogP contribution < -0.4 is 10.9 Å². The number of aromatic nitrogens is 1. The molecule has 0 bridgehead atoms. The van der Waals surface area contributed by atoms with Gasteiger partial charge in [-0.05, 0) is 18.6 Å². The van der Waals surface area contributed by atoms with Gasteiger partial charge in [0.05, 0.1) is 0 Å². The first kappa shape index (κ1) is 11.5. The van der Waals surface area contributed by atoms with Crippen molar-refractivity contribution < 1.29 is 4.79 Å². The van der Waals surface area contributed by atoms with Gasteiger partial charge in [0, 0.05) is 12.7 Å². The highest BCUT2D eigenvalue weighted by Crippen LogP contribution is 1.93. The number of hydrogen-bond donors (Lipinski definition) is 2. The van der Waals surface area contributed by atoms with Gasteiger partial charge in [0.1, 0.15) is 5.56 Å². The molecule has 1 aromatic heterocycles. The number of carbonyl (C=O) groups is 1. The second kappa shape index (κ2) is 6.01. The van der Waals surface area contributed by atoms with Crippen LogP contribution in [0, 0.1) is 0 Å². The fraction of sp³-hybridized carbons (Fsp3) is 0.455. The van der Waals surface area contributed by atoms with Crippen LogP contribution in [0.15, 0.2) is 23.1 Å². The van der Waals surface area contributed by atoms with Crippen LogP contribution >= 0.6 is 0 Å². The third kappa shape index (κ3) is 3.58. The second-order valence-electron chi connectivity index (χ2n) is 3.38. The minimum absolute atomic E-state index is 0.175. The molecule has 0 spiro atoms. The lowest BCUT2D eigenvalue weighted by molar-refractivity contribution is 0.0951. The molecule has 0 aliphatic rings. The van der Waals surface area contributed by atoms with Gasteiger partial charge < -0.3 is 10.3 Å². The van der Waals surface area contributed by atoms with Crippen LogP contribution in [0.25, 0.3) is 0 Å². The number of nitrogens with one attached hydrogen (secondary N) is 2. The van der Waals surface area contributed by atoms with Gasteiger partial charge in [-0.2, -0.15) is 0 Å². The van der Waals surface area contributed by atoms with E-state index in [0.717, 1.165) is 19.3 Å². The van der Waals surface area contributed by atoms with Crippen LogP contribution in [0.2, 0.25) is 0 Å². The van der Waals surface area contributed by atoms with Crippen molar-refractivity contribution in [3.05, 3.63) is 34.2 Å². The number of H-pyrrole nitrogens is 1. The van der Waals surface area contributed by atoms with Crippen LogP contribution in [0.5, 0.6) is 0 Å². The predicted octanol–water partition coefficient (Wildman–Crippen LogP) is 1.29. The van der Waals surface area contributed by atoms with E-state index in [9.17, 15) is 9.59 Å². The summed E-state index contributed by atoms with van der Waals surface area (Å²) >= 11 is 0. The largest absolute Gasteiger partial charge is 0.352 e. The van der Waals surface area contributed by atoms with E-state index in [1.54, 1.807) is 6.07 Å². The fourth-order valence-corrected chi connectivity index (χ4v) is 1.27. The predicted molar refractivity (Wildman–Crippen MR) is 58.9 cm³/mol. The Kier molecular flexibility index (Phi) is 4.60. The maximum Gasteiger partial charge on any atom is 0.260 e. The van der Waals surface area contributed by atoms with Gasteiger partial charge in [-0.25, -0.2) is 0 Å². The highest BCUT2D eigenvalue weighted by molar-refractivity contribution is 5.93. The summed E-state index contributed by atoms with van der Waals surface area (Å²) in [6.07, 6.45) is 4.66. The minimum atomic E-state index is -0.342. The van der Waals surface area contributed by atoms with Crippen molar-refractivity contribution in [1.82, 2.24) is 10.3 Å². The molecule has 2 N–H and O–H groups in total. The van der Waals surface area contributed by atoms with Crippen molar-refractivity contribution >= 4 is 5.91 Å². The smallest absolute Gasteiger partial charge is 0.260 e. The van der Waals surface area contributed by atoms with Gasteiger partial charge in [0.25, 0.3) is 11.5 Å². The molecule has 15 heavy (non-hydrogen) atoms. The lowest BCUT2D eigenvalue weighted by atomic mass is 10.2. The van der Waals surface area contributed by atoms with E-state index in [4.69, 9.17) is 0 Å². The molecule has 0 aromatic carbocycles. The Labute approximate surface area is 88.7 Å². The molecule has 82 valence electrons. The molecule has 0 aliphatic carbocycles. The molecule has 4 heteroatoms. The summed E-state index contributed by atoms with van der Waals surface area (Å²) in [5, 5.41) is 2.72. The summed E-state index contributed by atoms with van der Waals surface area (Å²) in [6, 6.07) is 3.16. The lowest BCUT2D eigenvalue weighted by Gasteiger charge is -2.03. The molecule has 1 aromatic rings. The molecule has 0 saturated carbocycles. The molecule has 0 aliphatic heterocycles. The number of pyridine rings is 1. The van der Waals surface area contributed by atoms with Crippen molar-refractivity contribution in [1.29, 1.82) is 0 Å². The Morgan fingerprint density at radius 3 is 2.93 bits per heavy atom. The van der Waals surface area contributed by atoms with Crippen LogP contribution in [0.3, 0.4) is 0 Å². The van der Waals surface area contributed by atoms with E-state index >= 15 is 0 Å². The third-order valence-electron chi connectivity index (χ3n) is 2.13. The fourth-order valence-electron chi connectivity index (χ4n) is 1.27. The summed E-state index contributed by atoms with van der Waals surface area (Å²) in [5.74, 6) is -0.298. The molecular formula is C11H16N2O2. The Balaban J connectivity index is 2.48. The molecule has 1 heterocycles. The van der Waals surface area contributed by atoms with Crippen LogP contribution in [-0.2, 0) is 0 Å². The van der Waals surface area contributed by atoms with Gasteiger partial charge in [0.15, 0.2) is 0 Å². The highest BCUT2D eigenvalue weighted by atomic mass is 16.2. The molecule has 0 saturated heterocycles. The average Bonchev–Trinajstić information content (AvgIpc) is 2.25. The quantitative estimate of drug-likeness (QED) is 0.716. The number of hydrogen-bond acceptors (Lipinski definition) is 2. The first-order valence-corrected chi connectivity index (χ1v) is 5.21. The first-order chi connectivity index (χ1) is 7.25. The van der Waals surface area contributed by atoms with Gasteiger partial charge in [0.2, 0.25) is 0 Å². The normalized spacial score (nSPS) is 9.93. The van der Waals surface area contributed by atoms with Crippen molar-refractivity contribution in [2.24, 2.45) is 0 Å². The standard InChI is InChI=1S/C11H16N2O2/c1-2-3-4-7-12-10(14)9-6-5-8-13-11(9)15/h5-6,8H,2-4,7H2,1H3,(H,12,14)(H,13,15). The monoisotopic (exact) mass is 208 g/mol. The summed E-state index contributed by atoms with van der Waals surface area (Å²) in [4.78, 5) is 25.2. The second-order valence-corrected chi connectivity index (χ2v) is 3.38. The summed E-state index contributed by atoms with van der Waals surface area (Å²) in [5.41, 5.74) is -0.167. The Morgan fingerprint density at radius 2 is 2.27 bits per heavy atom. The highest BCUT2D eigenvalue weighted by Gasteiger charge is 2.07. The lowest BCUT2D eigenvalue weighted by Crippen LogP contribution is -2.29. The van der Waals surface area contributed by atoms with Crippen molar-refractivity contribution in [2.45, 2.75) is 26.2 Å². The van der Waals surface area contributed by atoms with Crippen LogP contribution in [0.1, 0.15) is 36.5 Å². The number of amides is 1. The number of aromatic amines is 1. The van der Waals surface area contributed by atoms with E-state index in [2.05, 4.69) is 17.2 Å². The maximum atomic E-state index is 11.5. The molecule has 1 rings (SSSR count). The summed E-state index contributed by atoms with van der Waals surface area (Å²) in [6.45, 7) is 2.73. The van der Waals surface area contributed by atoms with Crippen molar-refractivity contribution in [2.75, 3.05) is 6.54 Å². The molecule has 0 atom stereocenters. The van der Waals surface area contributed by atoms with E-state index in [-0.39, 0.29) is 17.0 Å². The van der Waals surface area contributed by atoms with Crippen LogP contribution in [0.4, 0.5) is 0 Å². The maximum absolute atomic E-state index is 11.5. The first-order valence-electron chi connectivity index (χ1n) is 5.21. The Bertz CT molecular complexity index is 371. The number of carbonyl (C=O) groups excluding carboxylic acids is 1. The molecule has 0 fully saturated rings. The molecule has 0 unspecified atom stereocenters. The van der Waals surface area contributed by atoms with Crippen molar-refractivity contribution in [3.8, 4) is 0 Å². The summed E-state index contributed by atoms with van der Waals surface area (Å²) < 4.78 is 0. The van der Waals surface area contributed by atoms with Gasteiger partial charge in [-0.15, -0.1) is 0 Å². The number of unbranched alkanes of at least 4 members (excludes halogenated alkanes) is 2. The van der Waals surface area contributed by atoms with Crippen LogP contribution in [-0.4, -0.2) is 17.4 Å². The van der Waals surface area contributed by atoms with Gasteiger partial charge in [-0.3, -0.25) is 9.59 Å². The van der Waals surface area contributed by atoms with E-state index in [1.165, 1.54) is 12.3 Å². The summed E-state index contributed by atoms with van der Waals surface area (Å²) in [7, 11) is 0. The molecule has 0 radical (unpaired) electrons. The zero-order chi connectivity index (χ0) is 11.1. The molecular weight excluding hydrogens is 192 g/mol.